The summed E-state index contributed by atoms with van der Waals surface area (Å²) in [5.41, 5.74) is 3.92. The number of aryl methyl sites for hydroxylation is 1. The van der Waals surface area contributed by atoms with Crippen LogP contribution in [0.5, 0.6) is 0 Å². The summed E-state index contributed by atoms with van der Waals surface area (Å²) in [7, 11) is 0. The van der Waals surface area contributed by atoms with Crippen molar-refractivity contribution in [2.24, 2.45) is 0 Å². The highest BCUT2D eigenvalue weighted by molar-refractivity contribution is 8.00. The van der Waals surface area contributed by atoms with Crippen LogP contribution < -0.4 is 10.2 Å². The molecular formula is C23H18Cl2N2O2S. The molecule has 4 rings (SSSR count). The standard InChI is InChI=1S/C23H18Cl2N2O2S/c1-14-5-8-18(9-6-14)27-21(28)13-30-23(27)15-3-2-4-17(11-15)26-22(29)19-10-7-16(24)12-20(19)25/h2-12,23H,13H2,1H3,(H,26,29)/t23-/m1/s1. The van der Waals surface area contributed by atoms with Gasteiger partial charge in [0.25, 0.3) is 5.91 Å². The minimum absolute atomic E-state index is 0.0660. The van der Waals surface area contributed by atoms with E-state index in [2.05, 4.69) is 5.32 Å². The molecule has 0 saturated carbocycles. The van der Waals surface area contributed by atoms with Crippen LogP contribution in [0.3, 0.4) is 0 Å². The summed E-state index contributed by atoms with van der Waals surface area (Å²) in [5.74, 6) is 0.158. The molecule has 7 heteroatoms. The van der Waals surface area contributed by atoms with E-state index in [1.807, 2.05) is 55.5 Å². The van der Waals surface area contributed by atoms with Crippen LogP contribution >= 0.6 is 35.0 Å². The van der Waals surface area contributed by atoms with Gasteiger partial charge in [0.15, 0.2) is 0 Å². The Bertz CT molecular complexity index is 1120. The second-order valence-electron chi connectivity index (χ2n) is 6.97. The maximum absolute atomic E-state index is 12.6. The normalized spacial score (nSPS) is 16.0. The minimum Gasteiger partial charge on any atom is -0.322 e. The number of nitrogens with zero attached hydrogens (tertiary/aromatic N) is 1. The third-order valence-corrected chi connectivity index (χ3v) is 6.55. The molecule has 0 unspecified atom stereocenters. The lowest BCUT2D eigenvalue weighted by molar-refractivity contribution is -0.115. The molecule has 0 radical (unpaired) electrons. The Hall–Kier alpha value is -2.47. The van der Waals surface area contributed by atoms with Crippen molar-refractivity contribution in [3.05, 3.63) is 93.5 Å². The van der Waals surface area contributed by atoms with Gasteiger partial charge in [-0.25, -0.2) is 0 Å². The fraction of sp³-hybridized carbons (Fsp3) is 0.130. The molecule has 0 aliphatic carbocycles. The van der Waals surface area contributed by atoms with Gasteiger partial charge in [-0.15, -0.1) is 11.8 Å². The summed E-state index contributed by atoms with van der Waals surface area (Å²) in [4.78, 5) is 27.0. The number of benzene rings is 3. The third-order valence-electron chi connectivity index (χ3n) is 4.79. The number of halogens is 2. The number of nitrogens with one attached hydrogen (secondary N) is 1. The van der Waals surface area contributed by atoms with Crippen molar-refractivity contribution in [3.63, 3.8) is 0 Å². The predicted octanol–water partition coefficient (Wildman–Crippen LogP) is 6.33. The van der Waals surface area contributed by atoms with Gasteiger partial charge >= 0.3 is 0 Å². The second-order valence-corrected chi connectivity index (χ2v) is 8.88. The molecule has 0 aromatic heterocycles. The molecule has 1 aliphatic heterocycles. The molecule has 1 heterocycles. The fourth-order valence-corrected chi connectivity index (χ4v) is 4.96. The molecule has 30 heavy (non-hydrogen) atoms. The van der Waals surface area contributed by atoms with Crippen LogP contribution in [0.15, 0.2) is 66.7 Å². The number of carbonyl (C=O) groups excluding carboxylic acids is 2. The Morgan fingerprint density at radius 3 is 2.57 bits per heavy atom. The van der Waals surface area contributed by atoms with Crippen LogP contribution in [0.4, 0.5) is 11.4 Å². The number of amides is 2. The third kappa shape index (κ3) is 4.33. The maximum Gasteiger partial charge on any atom is 0.257 e. The van der Waals surface area contributed by atoms with Crippen molar-refractivity contribution < 1.29 is 9.59 Å². The smallest absolute Gasteiger partial charge is 0.257 e. The summed E-state index contributed by atoms with van der Waals surface area (Å²) >= 11 is 13.6. The number of anilines is 2. The van der Waals surface area contributed by atoms with Gasteiger partial charge in [-0.3, -0.25) is 14.5 Å². The van der Waals surface area contributed by atoms with Gasteiger partial charge in [0.1, 0.15) is 5.37 Å². The topological polar surface area (TPSA) is 49.4 Å². The van der Waals surface area contributed by atoms with Crippen LogP contribution in [0.2, 0.25) is 10.0 Å². The second kappa shape index (κ2) is 8.72. The van der Waals surface area contributed by atoms with E-state index in [1.54, 1.807) is 28.8 Å². The van der Waals surface area contributed by atoms with E-state index >= 15 is 0 Å². The number of rotatable bonds is 4. The average molecular weight is 457 g/mol. The van der Waals surface area contributed by atoms with E-state index in [4.69, 9.17) is 23.2 Å². The minimum atomic E-state index is -0.320. The molecule has 152 valence electrons. The molecule has 3 aromatic rings. The average Bonchev–Trinajstić information content (AvgIpc) is 3.10. The van der Waals surface area contributed by atoms with Crippen molar-refractivity contribution in [1.29, 1.82) is 0 Å². The lowest BCUT2D eigenvalue weighted by Crippen LogP contribution is -2.27. The molecule has 1 fully saturated rings. The number of hydrogen-bond acceptors (Lipinski definition) is 3. The Kier molecular flexibility index (Phi) is 6.04. The molecule has 3 aromatic carbocycles. The first-order chi connectivity index (χ1) is 14.4. The van der Waals surface area contributed by atoms with Gasteiger partial charge < -0.3 is 5.32 Å². The predicted molar refractivity (Wildman–Crippen MR) is 125 cm³/mol. The summed E-state index contributed by atoms with van der Waals surface area (Å²) < 4.78 is 0. The van der Waals surface area contributed by atoms with Crippen molar-refractivity contribution in [3.8, 4) is 0 Å². The number of carbonyl (C=O) groups is 2. The zero-order valence-corrected chi connectivity index (χ0v) is 18.4. The van der Waals surface area contributed by atoms with Gasteiger partial charge in [-0.1, -0.05) is 53.0 Å². The Labute approximate surface area is 189 Å². The molecule has 0 spiro atoms. The van der Waals surface area contributed by atoms with Crippen LogP contribution in [-0.2, 0) is 4.79 Å². The molecule has 1 saturated heterocycles. The zero-order valence-electron chi connectivity index (χ0n) is 16.1. The van der Waals surface area contributed by atoms with Crippen LogP contribution in [0.25, 0.3) is 0 Å². The zero-order chi connectivity index (χ0) is 21.3. The first-order valence-electron chi connectivity index (χ1n) is 9.29. The quantitative estimate of drug-likeness (QED) is 0.498. The van der Waals surface area contributed by atoms with E-state index in [0.29, 0.717) is 27.0 Å². The van der Waals surface area contributed by atoms with Crippen molar-refractivity contribution in [2.75, 3.05) is 16.0 Å². The molecule has 1 aliphatic rings. The number of thioether (sulfide) groups is 1. The lowest BCUT2D eigenvalue weighted by atomic mass is 10.1. The van der Waals surface area contributed by atoms with E-state index < -0.39 is 0 Å². The summed E-state index contributed by atoms with van der Waals surface area (Å²) in [6.45, 7) is 2.01. The maximum atomic E-state index is 12.6. The highest BCUT2D eigenvalue weighted by Crippen LogP contribution is 2.42. The molecule has 2 amide bonds. The molecule has 1 N–H and O–H groups in total. The monoisotopic (exact) mass is 456 g/mol. The largest absolute Gasteiger partial charge is 0.322 e. The molecule has 4 nitrogen and oxygen atoms in total. The molecule has 0 bridgehead atoms. The molecule has 1 atom stereocenters. The van der Waals surface area contributed by atoms with Crippen LogP contribution in [0.1, 0.15) is 26.9 Å². The first-order valence-corrected chi connectivity index (χ1v) is 11.1. The van der Waals surface area contributed by atoms with Crippen molar-refractivity contribution in [2.45, 2.75) is 12.3 Å². The van der Waals surface area contributed by atoms with E-state index in [-0.39, 0.29) is 17.2 Å². The first kappa shape index (κ1) is 20.8. The fourth-order valence-electron chi connectivity index (χ4n) is 3.30. The Balaban J connectivity index is 1.58. The van der Waals surface area contributed by atoms with Gasteiger partial charge in [0.2, 0.25) is 5.91 Å². The van der Waals surface area contributed by atoms with Crippen LogP contribution in [-0.4, -0.2) is 17.6 Å². The van der Waals surface area contributed by atoms with Crippen molar-refractivity contribution >= 4 is 58.2 Å². The highest BCUT2D eigenvalue weighted by atomic mass is 35.5. The Morgan fingerprint density at radius 1 is 1.07 bits per heavy atom. The molecular weight excluding hydrogens is 439 g/mol. The highest BCUT2D eigenvalue weighted by Gasteiger charge is 2.34. The van der Waals surface area contributed by atoms with E-state index in [1.165, 1.54) is 6.07 Å². The number of hydrogen-bond donors (Lipinski definition) is 1. The van der Waals surface area contributed by atoms with E-state index in [9.17, 15) is 9.59 Å². The Morgan fingerprint density at radius 2 is 1.83 bits per heavy atom. The van der Waals surface area contributed by atoms with E-state index in [0.717, 1.165) is 16.8 Å². The van der Waals surface area contributed by atoms with Gasteiger partial charge in [-0.2, -0.15) is 0 Å². The lowest BCUT2D eigenvalue weighted by Gasteiger charge is -2.25. The summed E-state index contributed by atoms with van der Waals surface area (Å²) in [6, 6.07) is 20.2. The summed E-state index contributed by atoms with van der Waals surface area (Å²) in [6.07, 6.45) is 0. The van der Waals surface area contributed by atoms with Gasteiger partial charge in [-0.05, 0) is 55.0 Å². The van der Waals surface area contributed by atoms with Gasteiger partial charge in [0.05, 0.1) is 16.3 Å². The SMILES string of the molecule is Cc1ccc(N2C(=O)CS[C@@H]2c2cccc(NC(=O)c3ccc(Cl)cc3Cl)c2)cc1. The summed E-state index contributed by atoms with van der Waals surface area (Å²) in [5, 5.41) is 3.48. The van der Waals surface area contributed by atoms with Gasteiger partial charge in [0, 0.05) is 16.4 Å². The van der Waals surface area contributed by atoms with Crippen molar-refractivity contribution in [1.82, 2.24) is 0 Å². The van der Waals surface area contributed by atoms with Crippen LogP contribution in [0, 0.1) is 6.92 Å².